The van der Waals surface area contributed by atoms with E-state index in [9.17, 15) is 0 Å². The Hall–Kier alpha value is -2.73. The van der Waals surface area contributed by atoms with Crippen molar-refractivity contribution in [3.8, 4) is 11.5 Å². The van der Waals surface area contributed by atoms with Gasteiger partial charge in [0.15, 0.2) is 0 Å². The maximum Gasteiger partial charge on any atom is 0.145 e. The van der Waals surface area contributed by atoms with Crippen molar-refractivity contribution in [3.05, 3.63) is 47.9 Å². The van der Waals surface area contributed by atoms with E-state index >= 15 is 0 Å². The summed E-state index contributed by atoms with van der Waals surface area (Å²) in [5, 5.41) is 4.33. The zero-order valence-corrected chi connectivity index (χ0v) is 15.0. The first-order valence-corrected chi connectivity index (χ1v) is 8.09. The van der Waals surface area contributed by atoms with Crippen molar-refractivity contribution < 1.29 is 13.9 Å². The van der Waals surface area contributed by atoms with Crippen molar-refractivity contribution in [2.75, 3.05) is 33.2 Å². The van der Waals surface area contributed by atoms with Crippen LogP contribution in [0.25, 0.3) is 10.9 Å². The van der Waals surface area contributed by atoms with Crippen LogP contribution >= 0.6 is 0 Å². The molecule has 0 bridgehead atoms. The number of hydrogen-bond acceptors (Lipinski definition) is 6. The molecule has 0 saturated carbocycles. The molecule has 0 fully saturated rings. The highest BCUT2D eigenvalue weighted by molar-refractivity contribution is 5.92. The summed E-state index contributed by atoms with van der Waals surface area (Å²) >= 11 is 0. The van der Waals surface area contributed by atoms with Crippen LogP contribution in [0.3, 0.4) is 0 Å². The molecule has 1 aromatic carbocycles. The number of methoxy groups -OCH3 is 2. The van der Waals surface area contributed by atoms with E-state index in [1.54, 1.807) is 20.5 Å². The summed E-state index contributed by atoms with van der Waals surface area (Å²) in [5.74, 6) is 3.31. The number of aromatic nitrogens is 1. The van der Waals surface area contributed by atoms with E-state index in [0.717, 1.165) is 39.5 Å². The monoisotopic (exact) mass is 341 g/mol. The quantitative estimate of drug-likeness (QED) is 0.712. The Morgan fingerprint density at radius 1 is 1.08 bits per heavy atom. The van der Waals surface area contributed by atoms with Crippen molar-refractivity contribution in [2.24, 2.45) is 0 Å². The number of hydrogen-bond donors (Lipinski definition) is 1. The fourth-order valence-electron chi connectivity index (χ4n) is 2.83. The Balaban J connectivity index is 1.98. The summed E-state index contributed by atoms with van der Waals surface area (Å²) in [5.41, 5.74) is 1.87. The second-order valence-corrected chi connectivity index (χ2v) is 5.91. The van der Waals surface area contributed by atoms with Gasteiger partial charge >= 0.3 is 0 Å². The molecule has 0 atom stereocenters. The smallest absolute Gasteiger partial charge is 0.145 e. The number of ether oxygens (including phenoxy) is 2. The van der Waals surface area contributed by atoms with E-state index in [2.05, 4.69) is 11.4 Å². The highest BCUT2D eigenvalue weighted by Gasteiger charge is 2.15. The predicted octanol–water partition coefficient (Wildman–Crippen LogP) is 3.20. The minimum atomic E-state index is 0.660. The van der Waals surface area contributed by atoms with Gasteiger partial charge in [0, 0.05) is 31.6 Å². The minimum Gasteiger partial charge on any atom is -0.496 e. The molecule has 0 radical (unpaired) electrons. The number of benzene rings is 1. The molecular formula is C19H23N3O3. The fraction of sp³-hybridized carbons (Fsp3) is 0.316. The number of furan rings is 1. The molecule has 0 saturated heterocycles. The Kier molecular flexibility index (Phi) is 5.09. The van der Waals surface area contributed by atoms with Crippen LogP contribution < -0.4 is 19.7 Å². The molecule has 2 heterocycles. The lowest BCUT2D eigenvalue weighted by Crippen LogP contribution is -2.18. The summed E-state index contributed by atoms with van der Waals surface area (Å²) in [4.78, 5) is 6.83. The molecule has 6 nitrogen and oxygen atoms in total. The predicted molar refractivity (Wildman–Crippen MR) is 98.4 cm³/mol. The van der Waals surface area contributed by atoms with Gasteiger partial charge in [-0.05, 0) is 30.3 Å². The second kappa shape index (κ2) is 7.44. The van der Waals surface area contributed by atoms with E-state index < -0.39 is 0 Å². The molecular weight excluding hydrogens is 318 g/mol. The molecule has 25 heavy (non-hydrogen) atoms. The largest absolute Gasteiger partial charge is 0.496 e. The third-order valence-corrected chi connectivity index (χ3v) is 4.02. The highest BCUT2D eigenvalue weighted by atomic mass is 16.5. The standard InChI is InChI=1S/C19H23N3O3/c1-22(2)19-13(11-20-12-14-6-5-9-25-14)10-15-16(23-3)7-8-17(24-4)18(15)21-19/h5-10,20H,11-12H2,1-4H3. The van der Waals surface area contributed by atoms with E-state index in [0.29, 0.717) is 13.1 Å². The van der Waals surface area contributed by atoms with Crippen molar-refractivity contribution >= 4 is 16.7 Å². The Morgan fingerprint density at radius 2 is 1.84 bits per heavy atom. The number of pyridine rings is 1. The van der Waals surface area contributed by atoms with Gasteiger partial charge in [-0.1, -0.05) is 0 Å². The lowest BCUT2D eigenvalue weighted by molar-refractivity contribution is 0.409. The van der Waals surface area contributed by atoms with Gasteiger partial charge < -0.3 is 24.1 Å². The molecule has 6 heteroatoms. The van der Waals surface area contributed by atoms with Crippen molar-refractivity contribution in [2.45, 2.75) is 13.1 Å². The van der Waals surface area contributed by atoms with Crippen LogP contribution in [0.15, 0.2) is 41.0 Å². The van der Waals surface area contributed by atoms with Crippen molar-refractivity contribution in [1.82, 2.24) is 10.3 Å². The molecule has 0 aliphatic carbocycles. The summed E-state index contributed by atoms with van der Waals surface area (Å²) in [6, 6.07) is 9.72. The van der Waals surface area contributed by atoms with Gasteiger partial charge in [-0.2, -0.15) is 0 Å². The van der Waals surface area contributed by atoms with Crippen molar-refractivity contribution in [3.63, 3.8) is 0 Å². The lowest BCUT2D eigenvalue weighted by Gasteiger charge is -2.19. The third-order valence-electron chi connectivity index (χ3n) is 4.02. The molecule has 3 aromatic rings. The average molecular weight is 341 g/mol. The maximum atomic E-state index is 5.50. The molecule has 2 aromatic heterocycles. The summed E-state index contributed by atoms with van der Waals surface area (Å²) in [6.45, 7) is 1.32. The van der Waals surface area contributed by atoms with Gasteiger partial charge in [0.25, 0.3) is 0 Å². The lowest BCUT2D eigenvalue weighted by atomic mass is 10.1. The molecule has 3 rings (SSSR count). The van der Waals surface area contributed by atoms with Gasteiger partial charge in [-0.25, -0.2) is 4.98 Å². The third kappa shape index (κ3) is 3.53. The van der Waals surface area contributed by atoms with Crippen LogP contribution in [0, 0.1) is 0 Å². The highest BCUT2D eigenvalue weighted by Crippen LogP contribution is 2.34. The first kappa shape index (κ1) is 17.1. The average Bonchev–Trinajstić information content (AvgIpc) is 3.13. The van der Waals surface area contributed by atoms with Crippen LogP contribution in [-0.4, -0.2) is 33.3 Å². The van der Waals surface area contributed by atoms with Crippen LogP contribution in [0.5, 0.6) is 11.5 Å². The van der Waals surface area contributed by atoms with Crippen molar-refractivity contribution in [1.29, 1.82) is 0 Å². The number of nitrogens with zero attached hydrogens (tertiary/aromatic N) is 2. The molecule has 0 aliphatic rings. The van der Waals surface area contributed by atoms with E-state index in [-0.39, 0.29) is 0 Å². The summed E-state index contributed by atoms with van der Waals surface area (Å²) in [7, 11) is 7.28. The first-order valence-electron chi connectivity index (χ1n) is 8.09. The molecule has 0 amide bonds. The van der Waals surface area contributed by atoms with Crippen LogP contribution in [0.1, 0.15) is 11.3 Å². The van der Waals surface area contributed by atoms with Gasteiger partial charge in [0.05, 0.1) is 27.0 Å². The first-order chi connectivity index (χ1) is 12.1. The van der Waals surface area contributed by atoms with Crippen LogP contribution in [0.4, 0.5) is 5.82 Å². The zero-order valence-electron chi connectivity index (χ0n) is 15.0. The van der Waals surface area contributed by atoms with E-state index in [1.165, 1.54) is 0 Å². The van der Waals surface area contributed by atoms with Crippen LogP contribution in [-0.2, 0) is 13.1 Å². The van der Waals surface area contributed by atoms with E-state index in [4.69, 9.17) is 18.9 Å². The Morgan fingerprint density at radius 3 is 2.48 bits per heavy atom. The Bertz CT molecular complexity index is 845. The zero-order chi connectivity index (χ0) is 17.8. The molecule has 0 aliphatic heterocycles. The van der Waals surface area contributed by atoms with E-state index in [1.807, 2.05) is 43.3 Å². The second-order valence-electron chi connectivity index (χ2n) is 5.91. The maximum absolute atomic E-state index is 5.50. The fourth-order valence-corrected chi connectivity index (χ4v) is 2.83. The summed E-state index contributed by atoms with van der Waals surface area (Å²) in [6.07, 6.45) is 1.68. The number of anilines is 1. The molecule has 1 N–H and O–H groups in total. The molecule has 0 spiro atoms. The number of fused-ring (bicyclic) bond motifs is 1. The number of nitrogens with one attached hydrogen (secondary N) is 1. The molecule has 0 unspecified atom stereocenters. The molecule has 132 valence electrons. The van der Waals surface area contributed by atoms with Gasteiger partial charge in [-0.15, -0.1) is 0 Å². The normalized spacial score (nSPS) is 10.9. The minimum absolute atomic E-state index is 0.660. The van der Waals surface area contributed by atoms with Gasteiger partial charge in [-0.3, -0.25) is 0 Å². The Labute approximate surface area is 147 Å². The van der Waals surface area contributed by atoms with Gasteiger partial charge in [0.1, 0.15) is 28.6 Å². The SMILES string of the molecule is COc1ccc(OC)c2nc(N(C)C)c(CNCc3ccco3)cc12. The number of rotatable bonds is 7. The van der Waals surface area contributed by atoms with Crippen LogP contribution in [0.2, 0.25) is 0 Å². The van der Waals surface area contributed by atoms with Gasteiger partial charge in [0.2, 0.25) is 0 Å². The summed E-state index contributed by atoms with van der Waals surface area (Å²) < 4.78 is 16.3. The topological polar surface area (TPSA) is 59.8 Å².